The minimum absolute atomic E-state index is 0.285. The summed E-state index contributed by atoms with van der Waals surface area (Å²) in [7, 11) is 0. The zero-order chi connectivity index (χ0) is 11.8. The molecule has 17 heavy (non-hydrogen) atoms. The van der Waals surface area contributed by atoms with Gasteiger partial charge in [-0.25, -0.2) is 0 Å². The van der Waals surface area contributed by atoms with Crippen LogP contribution in [-0.4, -0.2) is 5.91 Å². The molecule has 2 aliphatic carbocycles. The zero-order valence-corrected chi connectivity index (χ0v) is 11.1. The van der Waals surface area contributed by atoms with Crippen molar-refractivity contribution in [2.75, 3.05) is 0 Å². The fourth-order valence-corrected chi connectivity index (χ4v) is 3.99. The van der Waals surface area contributed by atoms with Crippen molar-refractivity contribution in [3.63, 3.8) is 0 Å². The van der Waals surface area contributed by atoms with Gasteiger partial charge in [-0.15, -0.1) is 11.3 Å². The third-order valence-corrected chi connectivity index (χ3v) is 5.22. The van der Waals surface area contributed by atoms with E-state index in [-0.39, 0.29) is 5.91 Å². The lowest BCUT2D eigenvalue weighted by atomic mass is 10.0. The van der Waals surface area contributed by atoms with Crippen LogP contribution in [0, 0.1) is 17.8 Å². The van der Waals surface area contributed by atoms with Crippen LogP contribution in [-0.2, 0) is 17.8 Å². The smallest absolute Gasteiger partial charge is 0.223 e. The molecule has 1 aromatic heterocycles. The summed E-state index contributed by atoms with van der Waals surface area (Å²) in [6.07, 6.45) is 4.72. The van der Waals surface area contributed by atoms with E-state index in [1.165, 1.54) is 16.9 Å². The highest BCUT2D eigenvalue weighted by Crippen LogP contribution is 2.54. The molecule has 0 spiro atoms. The second-order valence-corrected chi connectivity index (χ2v) is 6.37. The fraction of sp³-hybridized carbons (Fsp3) is 0.643. The molecule has 2 unspecified atom stereocenters. The molecule has 1 heterocycles. The van der Waals surface area contributed by atoms with E-state index in [1.54, 1.807) is 11.3 Å². The molecule has 0 saturated heterocycles. The number of aryl methyl sites for hydroxylation is 1. The minimum Gasteiger partial charge on any atom is -0.351 e. The molecule has 0 aromatic carbocycles. The predicted molar refractivity (Wildman–Crippen MR) is 69.9 cm³/mol. The van der Waals surface area contributed by atoms with Crippen molar-refractivity contribution in [2.45, 2.75) is 39.2 Å². The highest BCUT2D eigenvalue weighted by atomic mass is 32.1. The number of hydrogen-bond acceptors (Lipinski definition) is 2. The van der Waals surface area contributed by atoms with Gasteiger partial charge in [-0.05, 0) is 54.5 Å². The van der Waals surface area contributed by atoms with Crippen LogP contribution in [0.4, 0.5) is 0 Å². The summed E-state index contributed by atoms with van der Waals surface area (Å²) in [5.74, 6) is 2.37. The van der Waals surface area contributed by atoms with Crippen LogP contribution in [0.5, 0.6) is 0 Å². The molecule has 0 bridgehead atoms. The minimum atomic E-state index is 0.285. The van der Waals surface area contributed by atoms with Crippen LogP contribution in [0.15, 0.2) is 11.4 Å². The number of thiophene rings is 1. The summed E-state index contributed by atoms with van der Waals surface area (Å²) in [6.45, 7) is 2.89. The molecular weight excluding hydrogens is 230 g/mol. The zero-order valence-electron chi connectivity index (χ0n) is 10.2. The standard InChI is InChI=1S/C14H19NOS/c1-2-9-3-4-17-13(9)8-15-14(16)12-6-10-5-11(10)7-12/h3-4,10-12H,2,5-8H2,1H3,(H,15,16). The van der Waals surface area contributed by atoms with E-state index in [0.717, 1.165) is 37.6 Å². The Morgan fingerprint density at radius 3 is 2.88 bits per heavy atom. The molecule has 1 N–H and O–H groups in total. The molecule has 2 nitrogen and oxygen atoms in total. The number of carbonyl (C=O) groups is 1. The monoisotopic (exact) mass is 249 g/mol. The number of carbonyl (C=O) groups excluding carboxylic acids is 1. The lowest BCUT2D eigenvalue weighted by Gasteiger charge is -2.12. The van der Waals surface area contributed by atoms with E-state index in [1.807, 2.05) is 0 Å². The number of amides is 1. The van der Waals surface area contributed by atoms with Crippen molar-refractivity contribution in [1.82, 2.24) is 5.32 Å². The van der Waals surface area contributed by atoms with Gasteiger partial charge in [-0.1, -0.05) is 6.92 Å². The van der Waals surface area contributed by atoms with E-state index in [2.05, 4.69) is 23.7 Å². The van der Waals surface area contributed by atoms with Crippen LogP contribution in [0.3, 0.4) is 0 Å². The molecule has 1 amide bonds. The maximum Gasteiger partial charge on any atom is 0.223 e. The van der Waals surface area contributed by atoms with Crippen molar-refractivity contribution < 1.29 is 4.79 Å². The summed E-state index contributed by atoms with van der Waals surface area (Å²) in [6, 6.07) is 2.16. The lowest BCUT2D eigenvalue weighted by Crippen LogP contribution is -2.29. The average molecular weight is 249 g/mol. The molecule has 0 aliphatic heterocycles. The topological polar surface area (TPSA) is 29.1 Å². The Hall–Kier alpha value is -0.830. The van der Waals surface area contributed by atoms with Crippen LogP contribution < -0.4 is 5.32 Å². The summed E-state index contributed by atoms with van der Waals surface area (Å²) in [4.78, 5) is 13.3. The van der Waals surface area contributed by atoms with E-state index in [9.17, 15) is 4.79 Å². The molecular formula is C14H19NOS. The summed E-state index contributed by atoms with van der Waals surface area (Å²) >= 11 is 1.75. The SMILES string of the molecule is CCc1ccsc1CNC(=O)C1CC2CC2C1. The predicted octanol–water partition coefficient (Wildman–Crippen LogP) is 2.97. The summed E-state index contributed by atoms with van der Waals surface area (Å²) < 4.78 is 0. The van der Waals surface area contributed by atoms with Gasteiger partial charge in [0.2, 0.25) is 5.91 Å². The van der Waals surface area contributed by atoms with Crippen LogP contribution in [0.1, 0.15) is 36.6 Å². The first-order valence-corrected chi connectivity index (χ1v) is 7.48. The third kappa shape index (κ3) is 2.25. The van der Waals surface area contributed by atoms with Gasteiger partial charge < -0.3 is 5.32 Å². The quantitative estimate of drug-likeness (QED) is 0.873. The molecule has 1 aromatic rings. The highest BCUT2D eigenvalue weighted by Gasteiger charge is 2.47. The second-order valence-electron chi connectivity index (χ2n) is 5.36. The first-order chi connectivity index (χ1) is 8.28. The van der Waals surface area contributed by atoms with Crippen molar-refractivity contribution in [2.24, 2.45) is 17.8 Å². The van der Waals surface area contributed by atoms with Gasteiger partial charge in [0.25, 0.3) is 0 Å². The molecule has 2 fully saturated rings. The fourth-order valence-electron chi connectivity index (χ4n) is 3.08. The lowest BCUT2D eigenvalue weighted by molar-refractivity contribution is -0.125. The normalized spacial score (nSPS) is 30.1. The van der Waals surface area contributed by atoms with E-state index < -0.39 is 0 Å². The van der Waals surface area contributed by atoms with Crippen molar-refractivity contribution in [3.05, 3.63) is 21.9 Å². The van der Waals surface area contributed by atoms with E-state index in [4.69, 9.17) is 0 Å². The van der Waals surface area contributed by atoms with Crippen LogP contribution in [0.25, 0.3) is 0 Å². The van der Waals surface area contributed by atoms with Crippen molar-refractivity contribution in [3.8, 4) is 0 Å². The number of hydrogen-bond donors (Lipinski definition) is 1. The van der Waals surface area contributed by atoms with E-state index >= 15 is 0 Å². The molecule has 3 rings (SSSR count). The summed E-state index contributed by atoms with van der Waals surface area (Å²) in [5, 5.41) is 5.23. The van der Waals surface area contributed by atoms with E-state index in [0.29, 0.717) is 5.92 Å². The Labute approximate surface area is 106 Å². The molecule has 2 atom stereocenters. The summed E-state index contributed by atoms with van der Waals surface area (Å²) in [5.41, 5.74) is 1.38. The molecule has 92 valence electrons. The molecule has 2 saturated carbocycles. The third-order valence-electron chi connectivity index (χ3n) is 4.26. The molecule has 0 radical (unpaired) electrons. The van der Waals surface area contributed by atoms with Gasteiger partial charge in [0.15, 0.2) is 0 Å². The Morgan fingerprint density at radius 1 is 1.41 bits per heavy atom. The van der Waals surface area contributed by atoms with Gasteiger partial charge in [0.1, 0.15) is 0 Å². The van der Waals surface area contributed by atoms with Crippen molar-refractivity contribution in [1.29, 1.82) is 0 Å². The second kappa shape index (κ2) is 4.45. The number of rotatable bonds is 4. The van der Waals surface area contributed by atoms with Crippen molar-refractivity contribution >= 4 is 17.2 Å². The molecule has 2 aliphatic rings. The van der Waals surface area contributed by atoms with Gasteiger partial charge >= 0.3 is 0 Å². The Kier molecular flexibility index (Phi) is 2.95. The Morgan fingerprint density at radius 2 is 2.18 bits per heavy atom. The maximum atomic E-state index is 12.0. The first kappa shape index (κ1) is 11.3. The van der Waals surface area contributed by atoms with Crippen LogP contribution >= 0.6 is 11.3 Å². The molecule has 3 heteroatoms. The first-order valence-electron chi connectivity index (χ1n) is 6.61. The van der Waals surface area contributed by atoms with Gasteiger partial charge in [0, 0.05) is 10.8 Å². The largest absolute Gasteiger partial charge is 0.351 e. The Bertz CT molecular complexity index is 416. The maximum absolute atomic E-state index is 12.0. The number of nitrogens with one attached hydrogen (secondary N) is 1. The Balaban J connectivity index is 1.52. The highest BCUT2D eigenvalue weighted by molar-refractivity contribution is 7.10. The number of fused-ring (bicyclic) bond motifs is 1. The van der Waals surface area contributed by atoms with Crippen LogP contribution in [0.2, 0.25) is 0 Å². The average Bonchev–Trinajstić information content (AvgIpc) is 2.81. The van der Waals surface area contributed by atoms with Gasteiger partial charge in [0.05, 0.1) is 6.54 Å². The van der Waals surface area contributed by atoms with Gasteiger partial charge in [-0.2, -0.15) is 0 Å². The van der Waals surface area contributed by atoms with Gasteiger partial charge in [-0.3, -0.25) is 4.79 Å².